The number of nitrogens with one attached hydrogen (secondary N) is 14. The fourth-order valence-corrected chi connectivity index (χ4v) is 14.0. The smallest absolute Gasteiger partial charge is 0.243 e. The Morgan fingerprint density at radius 3 is 0.641 bits per heavy atom. The number of unbranched alkanes of at least 4 members (excludes halogenated alkanes) is 10. The Morgan fingerprint density at radius 1 is 0.227 bits per heavy atom. The van der Waals surface area contributed by atoms with Gasteiger partial charge in [0, 0.05) is 32.1 Å². The molecule has 0 saturated heterocycles. The zero-order valence-corrected chi connectivity index (χ0v) is 75.3. The number of hydrogen-bond donors (Lipinski definition) is 21. The first-order valence-corrected chi connectivity index (χ1v) is 45.4. The molecule has 36 nitrogen and oxygen atoms in total. The van der Waals surface area contributed by atoms with Gasteiger partial charge in [-0.05, 0) is 211 Å². The van der Waals surface area contributed by atoms with Crippen LogP contribution in [-0.2, 0) is 97.6 Å². The minimum absolute atomic E-state index is 0.00194. The lowest BCUT2D eigenvalue weighted by Gasteiger charge is -2.28. The lowest BCUT2D eigenvalue weighted by molar-refractivity contribution is -0.136. The fraction of sp³-hybridized carbons (Fsp3) is 0.576. The van der Waals surface area contributed by atoms with Crippen molar-refractivity contribution in [1.82, 2.24) is 74.4 Å². The Bertz CT molecular complexity index is 4050. The summed E-state index contributed by atoms with van der Waals surface area (Å²) in [6.45, 7) is 9.18. The van der Waals surface area contributed by atoms with Crippen molar-refractivity contribution in [2.75, 3.05) is 39.3 Å². The molecule has 0 aromatic heterocycles. The third-order valence-electron chi connectivity index (χ3n) is 21.7. The van der Waals surface area contributed by atoms with Crippen LogP contribution in [-0.4, -0.2) is 212 Å². The van der Waals surface area contributed by atoms with Crippen LogP contribution < -0.4 is 115 Å². The molecule has 0 unspecified atom stereocenters. The molecule has 4 aromatic carbocycles. The van der Waals surface area contributed by atoms with E-state index in [0.717, 1.165) is 25.7 Å². The summed E-state index contributed by atoms with van der Waals surface area (Å²) in [5.41, 5.74) is 43.2. The monoisotopic (exact) mass is 1780 g/mol. The van der Waals surface area contributed by atoms with Crippen molar-refractivity contribution in [3.8, 4) is 0 Å². The molecule has 0 aliphatic rings. The molecule has 15 amide bonds. The lowest BCUT2D eigenvalue weighted by atomic mass is 10.0. The minimum Gasteiger partial charge on any atom is -0.368 e. The predicted octanol–water partition coefficient (Wildman–Crippen LogP) is 0.444. The summed E-state index contributed by atoms with van der Waals surface area (Å²) in [6, 6.07) is 16.9. The largest absolute Gasteiger partial charge is 0.368 e. The molecule has 0 aliphatic heterocycles. The number of rotatable bonds is 66. The van der Waals surface area contributed by atoms with Gasteiger partial charge in [0.05, 0.1) is 0 Å². The highest BCUT2D eigenvalue weighted by Crippen LogP contribution is 2.17. The maximum absolute atomic E-state index is 14.9. The highest BCUT2D eigenvalue weighted by atomic mass is 16.2. The molecular weight excluding hydrogens is 1640 g/mol. The normalized spacial score (nSPS) is 14.4. The van der Waals surface area contributed by atoms with Crippen molar-refractivity contribution in [1.29, 1.82) is 0 Å². The summed E-state index contributed by atoms with van der Waals surface area (Å²) in [7, 11) is 0. The van der Waals surface area contributed by atoms with E-state index in [1.54, 1.807) is 121 Å². The molecule has 128 heavy (non-hydrogen) atoms. The molecule has 14 atom stereocenters. The summed E-state index contributed by atoms with van der Waals surface area (Å²) in [5, 5.41) is 38.3. The Labute approximate surface area is 753 Å². The van der Waals surface area contributed by atoms with E-state index in [9.17, 15) is 71.9 Å². The van der Waals surface area contributed by atoms with Crippen molar-refractivity contribution in [3.63, 3.8) is 0 Å². The van der Waals surface area contributed by atoms with Gasteiger partial charge in [0.15, 0.2) is 0 Å². The molecule has 0 heterocycles. The van der Waals surface area contributed by atoms with Gasteiger partial charge in [-0.25, -0.2) is 0 Å². The first-order chi connectivity index (χ1) is 61.5. The maximum Gasteiger partial charge on any atom is 0.243 e. The first-order valence-electron chi connectivity index (χ1n) is 45.4. The van der Waals surface area contributed by atoms with Crippen LogP contribution in [0, 0.1) is 0 Å². The van der Waals surface area contributed by atoms with Gasteiger partial charge in [0.2, 0.25) is 88.6 Å². The number of carbonyl (C=O) groups excluding carboxylic acids is 15. The quantitative estimate of drug-likeness (QED) is 0.0267. The molecule has 36 heteroatoms. The highest BCUT2D eigenvalue weighted by molar-refractivity contribution is 6.00. The van der Waals surface area contributed by atoms with Crippen molar-refractivity contribution >= 4 is 88.6 Å². The summed E-state index contributed by atoms with van der Waals surface area (Å²) < 4.78 is 0. The molecule has 0 spiro atoms. The average Bonchev–Trinajstić information content (AvgIpc) is 0.840. The van der Waals surface area contributed by atoms with Crippen molar-refractivity contribution in [2.24, 2.45) is 40.1 Å². The lowest BCUT2D eigenvalue weighted by Crippen LogP contribution is -2.61. The van der Waals surface area contributed by atoms with Crippen LogP contribution in [0.1, 0.15) is 211 Å². The van der Waals surface area contributed by atoms with Crippen LogP contribution >= 0.6 is 0 Å². The van der Waals surface area contributed by atoms with Gasteiger partial charge in [0.1, 0.15) is 84.6 Å². The van der Waals surface area contributed by atoms with Gasteiger partial charge in [-0.3, -0.25) is 71.9 Å². The Morgan fingerprint density at radius 2 is 0.422 bits per heavy atom. The third kappa shape index (κ3) is 43.0. The van der Waals surface area contributed by atoms with E-state index in [-0.39, 0.29) is 109 Å². The van der Waals surface area contributed by atoms with Gasteiger partial charge in [-0.2, -0.15) is 0 Å². The van der Waals surface area contributed by atoms with Gasteiger partial charge in [-0.1, -0.05) is 154 Å². The SMILES string of the molecule is CCCCCCCC(=O)N[C@@H](CCCCN)C(=O)N[C@@H](Cc1ccccc1)C(=O)N[C@@H](C)C(=O)N[C@@H](CCCCN)C(=O)N[C@@H](CCCCN)C(=O)N[C@@H](Cc1ccccc1)C(=O)N[C@@H](C)C(=O)N[C@@H](CCCCN)C(=O)N[C@@H](Cc1ccccc1)C(=O)N[C@@H](C)C(=O)N[C@@H](CCCCN)C(=O)N[C@@H](CCCCN)C(=O)N[C@@H](Cc1ccccc1)C(=O)N[C@@H](C)C(N)=O. The zero-order valence-electron chi connectivity index (χ0n) is 75.3. The third-order valence-corrected chi connectivity index (χ3v) is 21.7. The number of benzene rings is 4. The number of primary amides is 1. The van der Waals surface area contributed by atoms with Gasteiger partial charge in [0.25, 0.3) is 0 Å². The van der Waals surface area contributed by atoms with Crippen LogP contribution in [0.25, 0.3) is 0 Å². The molecule has 4 aromatic rings. The Balaban J connectivity index is 1.57. The summed E-state index contributed by atoms with van der Waals surface area (Å²) in [6.07, 6.45) is 9.91. The van der Waals surface area contributed by atoms with Gasteiger partial charge >= 0.3 is 0 Å². The van der Waals surface area contributed by atoms with Gasteiger partial charge < -0.3 is 115 Å². The molecule has 0 bridgehead atoms. The second-order valence-electron chi connectivity index (χ2n) is 32.6. The molecule has 0 fully saturated rings. The highest BCUT2D eigenvalue weighted by Gasteiger charge is 2.38. The second kappa shape index (κ2) is 62.8. The van der Waals surface area contributed by atoms with Crippen molar-refractivity contribution in [3.05, 3.63) is 144 Å². The number of amides is 15. The van der Waals surface area contributed by atoms with E-state index < -0.39 is 167 Å². The van der Waals surface area contributed by atoms with Crippen LogP contribution in [0.15, 0.2) is 121 Å². The summed E-state index contributed by atoms with van der Waals surface area (Å²) in [4.78, 5) is 213. The van der Waals surface area contributed by atoms with E-state index in [2.05, 4.69) is 81.4 Å². The standard InChI is InChI=1S/C92H145N21O15/c1-6-7-8-9-22-49-78(114)104-68(43-23-29-50-93)83(119)110-75(57-65-37-16-11-17-38-65)90(126)101-61(3)80(116)105-70(45-25-31-52-95)85(121)109-73(48-28-34-55-98)88(124)113-77(59-67-41-20-13-21-42-67)92(128)103-63(5)82(118)107-71(46-26-32-53-96)86(122)112-76(58-66-39-18-12-19-40-66)91(127)102-62(4)81(117)106-69(44-24-30-51-94)84(120)108-72(47-27-33-54-97)87(123)111-74(56-64-35-14-10-15-36-64)89(125)100-60(2)79(99)115/h10-21,35-42,60-63,68-77H,6-9,22-34,43-59,93-98H2,1-5H3,(H2,99,115)(H,100,125)(H,101,126)(H,102,127)(H,103,128)(H,104,114)(H,105,116)(H,106,117)(H,107,118)(H,108,120)(H,109,121)(H,110,119)(H,111,123)(H,112,122)(H,113,124)/t60-,61-,62-,63-,68-,69-,70-,71-,72-,73-,74-,75-,76-,77-/m0/s1. The molecule has 0 radical (unpaired) electrons. The number of carbonyl (C=O) groups is 15. The molecule has 0 aliphatic carbocycles. The second-order valence-corrected chi connectivity index (χ2v) is 32.6. The molecule has 4 rings (SSSR count). The summed E-state index contributed by atoms with van der Waals surface area (Å²) in [5.74, 6) is -11.2. The maximum atomic E-state index is 14.9. The molecular formula is C92H145N21O15. The van der Waals surface area contributed by atoms with Crippen LogP contribution in [0.4, 0.5) is 0 Å². The fourth-order valence-electron chi connectivity index (χ4n) is 14.0. The van der Waals surface area contributed by atoms with Crippen LogP contribution in [0.3, 0.4) is 0 Å². The van der Waals surface area contributed by atoms with E-state index in [0.29, 0.717) is 112 Å². The van der Waals surface area contributed by atoms with Gasteiger partial charge in [-0.15, -0.1) is 0 Å². The van der Waals surface area contributed by atoms with E-state index in [1.165, 1.54) is 27.7 Å². The topological polar surface area (TPSA) is 607 Å². The number of hydrogen-bond acceptors (Lipinski definition) is 21. The summed E-state index contributed by atoms with van der Waals surface area (Å²) >= 11 is 0. The van der Waals surface area contributed by atoms with E-state index in [1.807, 2.05) is 0 Å². The predicted molar refractivity (Wildman–Crippen MR) is 490 cm³/mol. The van der Waals surface area contributed by atoms with E-state index in [4.69, 9.17) is 40.1 Å². The van der Waals surface area contributed by atoms with Crippen molar-refractivity contribution < 1.29 is 71.9 Å². The molecule has 708 valence electrons. The Hall–Kier alpha value is -11.3. The van der Waals surface area contributed by atoms with Crippen LogP contribution in [0.5, 0.6) is 0 Å². The molecule has 0 saturated carbocycles. The first kappa shape index (κ1) is 109. The minimum atomic E-state index is -1.42. The Kier molecular flexibility index (Phi) is 53.5. The zero-order chi connectivity index (χ0) is 94.1. The molecule has 28 N–H and O–H groups in total. The van der Waals surface area contributed by atoms with E-state index >= 15 is 0 Å². The van der Waals surface area contributed by atoms with Crippen molar-refractivity contribution in [2.45, 2.75) is 299 Å². The average molecular weight is 1790 g/mol. The number of nitrogens with two attached hydrogens (primary N) is 7. The van der Waals surface area contributed by atoms with Crippen LogP contribution in [0.2, 0.25) is 0 Å².